The summed E-state index contributed by atoms with van der Waals surface area (Å²) in [4.78, 5) is 13.6. The molecule has 0 bridgehead atoms. The van der Waals surface area contributed by atoms with E-state index in [1.165, 1.54) is 0 Å². The summed E-state index contributed by atoms with van der Waals surface area (Å²) in [6, 6.07) is 7.50. The van der Waals surface area contributed by atoms with Gasteiger partial charge in [0.25, 0.3) is 0 Å². The van der Waals surface area contributed by atoms with Crippen molar-refractivity contribution in [2.75, 3.05) is 7.05 Å². The lowest BCUT2D eigenvalue weighted by Gasteiger charge is -2.23. The molecule has 0 saturated carbocycles. The van der Waals surface area contributed by atoms with Crippen LogP contribution in [0.15, 0.2) is 28.7 Å². The van der Waals surface area contributed by atoms with Gasteiger partial charge in [-0.3, -0.25) is 4.79 Å². The van der Waals surface area contributed by atoms with Gasteiger partial charge in [-0.2, -0.15) is 0 Å². The van der Waals surface area contributed by atoms with Crippen LogP contribution in [0, 0.1) is 5.92 Å². The average Bonchev–Trinajstić information content (AvgIpc) is 2.26. The predicted molar refractivity (Wildman–Crippen MR) is 73.4 cm³/mol. The molecule has 2 N–H and O–H groups in total. The molecule has 1 atom stereocenters. The van der Waals surface area contributed by atoms with Crippen LogP contribution < -0.4 is 5.73 Å². The van der Waals surface area contributed by atoms with Gasteiger partial charge in [0, 0.05) is 18.1 Å². The maximum Gasteiger partial charge on any atom is 0.239 e. The van der Waals surface area contributed by atoms with E-state index < -0.39 is 6.04 Å². The van der Waals surface area contributed by atoms with Gasteiger partial charge in [0.15, 0.2) is 0 Å². The first-order chi connectivity index (χ1) is 7.91. The number of carbonyl (C=O) groups is 1. The number of likely N-dealkylation sites (N-methyl/N-ethyl adjacent to an activating group) is 1. The number of hydrogen-bond donors (Lipinski definition) is 1. The van der Waals surface area contributed by atoms with Crippen molar-refractivity contribution < 1.29 is 4.79 Å². The SMILES string of the molecule is CC(C)C(N)C(=O)N(C)Cc1cccc(Br)c1. The highest BCUT2D eigenvalue weighted by Gasteiger charge is 2.20. The number of carbonyl (C=O) groups excluding carboxylic acids is 1. The van der Waals surface area contributed by atoms with Crippen LogP contribution in [0.25, 0.3) is 0 Å². The first-order valence-corrected chi connectivity index (χ1v) is 6.46. The molecule has 1 rings (SSSR count). The van der Waals surface area contributed by atoms with Crippen molar-refractivity contribution in [3.63, 3.8) is 0 Å². The Kier molecular flexibility index (Phi) is 5.15. The van der Waals surface area contributed by atoms with Crippen molar-refractivity contribution in [3.05, 3.63) is 34.3 Å². The van der Waals surface area contributed by atoms with E-state index in [1.54, 1.807) is 11.9 Å². The number of rotatable bonds is 4. The van der Waals surface area contributed by atoms with Crippen molar-refractivity contribution in [3.8, 4) is 0 Å². The molecule has 1 aromatic carbocycles. The maximum absolute atomic E-state index is 12.0. The molecule has 0 aliphatic carbocycles. The minimum atomic E-state index is -0.424. The third-order valence-electron chi connectivity index (χ3n) is 2.69. The summed E-state index contributed by atoms with van der Waals surface area (Å²) >= 11 is 3.41. The number of hydrogen-bond acceptors (Lipinski definition) is 2. The van der Waals surface area contributed by atoms with Gasteiger partial charge in [0.2, 0.25) is 5.91 Å². The Balaban J connectivity index is 2.66. The molecule has 1 amide bonds. The molecule has 0 heterocycles. The van der Waals surface area contributed by atoms with E-state index in [1.807, 2.05) is 38.1 Å². The molecular weight excluding hydrogens is 280 g/mol. The van der Waals surface area contributed by atoms with Gasteiger partial charge in [0.1, 0.15) is 0 Å². The Hall–Kier alpha value is -0.870. The van der Waals surface area contributed by atoms with E-state index in [-0.39, 0.29) is 11.8 Å². The normalized spacial score (nSPS) is 12.6. The molecule has 0 aliphatic heterocycles. The summed E-state index contributed by atoms with van der Waals surface area (Å²) in [5.41, 5.74) is 6.93. The lowest BCUT2D eigenvalue weighted by atomic mass is 10.0. The van der Waals surface area contributed by atoms with Crippen LogP contribution in [-0.4, -0.2) is 23.9 Å². The second kappa shape index (κ2) is 6.17. The number of nitrogens with two attached hydrogens (primary N) is 1. The van der Waals surface area contributed by atoms with E-state index >= 15 is 0 Å². The molecule has 17 heavy (non-hydrogen) atoms. The highest BCUT2D eigenvalue weighted by atomic mass is 79.9. The topological polar surface area (TPSA) is 46.3 Å². The Bertz CT molecular complexity index is 393. The van der Waals surface area contributed by atoms with Crippen molar-refractivity contribution >= 4 is 21.8 Å². The van der Waals surface area contributed by atoms with Gasteiger partial charge in [-0.1, -0.05) is 41.9 Å². The summed E-state index contributed by atoms with van der Waals surface area (Å²) in [6.45, 7) is 4.49. The monoisotopic (exact) mass is 298 g/mol. The molecule has 0 radical (unpaired) electrons. The van der Waals surface area contributed by atoms with Crippen molar-refractivity contribution in [2.24, 2.45) is 11.7 Å². The predicted octanol–water partition coefficient (Wildman–Crippen LogP) is 2.39. The van der Waals surface area contributed by atoms with Crippen LogP contribution in [0.1, 0.15) is 19.4 Å². The third-order valence-corrected chi connectivity index (χ3v) is 3.18. The highest BCUT2D eigenvalue weighted by Crippen LogP contribution is 2.13. The zero-order valence-corrected chi connectivity index (χ0v) is 12.1. The first kappa shape index (κ1) is 14.2. The fourth-order valence-corrected chi connectivity index (χ4v) is 1.97. The molecule has 0 aliphatic rings. The van der Waals surface area contributed by atoms with E-state index in [9.17, 15) is 4.79 Å². The van der Waals surface area contributed by atoms with E-state index in [2.05, 4.69) is 15.9 Å². The van der Waals surface area contributed by atoms with Crippen LogP contribution in [0.4, 0.5) is 0 Å². The van der Waals surface area contributed by atoms with E-state index in [4.69, 9.17) is 5.73 Å². The Morgan fingerprint density at radius 3 is 2.65 bits per heavy atom. The summed E-state index contributed by atoms with van der Waals surface area (Å²) in [7, 11) is 1.78. The molecule has 1 aromatic rings. The van der Waals surface area contributed by atoms with Crippen LogP contribution in [-0.2, 0) is 11.3 Å². The van der Waals surface area contributed by atoms with E-state index in [0.717, 1.165) is 10.0 Å². The van der Waals surface area contributed by atoms with Crippen LogP contribution in [0.5, 0.6) is 0 Å². The first-order valence-electron chi connectivity index (χ1n) is 5.67. The molecule has 0 fully saturated rings. The molecule has 4 heteroatoms. The minimum absolute atomic E-state index is 0.0139. The fraction of sp³-hybridized carbons (Fsp3) is 0.462. The van der Waals surface area contributed by atoms with Gasteiger partial charge in [-0.25, -0.2) is 0 Å². The van der Waals surface area contributed by atoms with Crippen LogP contribution in [0.2, 0.25) is 0 Å². The minimum Gasteiger partial charge on any atom is -0.340 e. The standard InChI is InChI=1S/C13H19BrN2O/c1-9(2)12(15)13(17)16(3)8-10-5-4-6-11(14)7-10/h4-7,9,12H,8,15H2,1-3H3. The maximum atomic E-state index is 12.0. The van der Waals surface area contributed by atoms with Crippen molar-refractivity contribution in [1.82, 2.24) is 4.90 Å². The molecular formula is C13H19BrN2O. The highest BCUT2D eigenvalue weighted by molar-refractivity contribution is 9.10. The average molecular weight is 299 g/mol. The fourth-order valence-electron chi connectivity index (χ4n) is 1.53. The quantitative estimate of drug-likeness (QED) is 0.928. The smallest absolute Gasteiger partial charge is 0.239 e. The van der Waals surface area contributed by atoms with Gasteiger partial charge in [-0.15, -0.1) is 0 Å². The summed E-state index contributed by atoms with van der Waals surface area (Å²) < 4.78 is 1.02. The molecule has 94 valence electrons. The van der Waals surface area contributed by atoms with Crippen LogP contribution >= 0.6 is 15.9 Å². The van der Waals surface area contributed by atoms with Crippen molar-refractivity contribution in [1.29, 1.82) is 0 Å². The zero-order chi connectivity index (χ0) is 13.0. The second-order valence-electron chi connectivity index (χ2n) is 4.59. The second-order valence-corrected chi connectivity index (χ2v) is 5.51. The largest absolute Gasteiger partial charge is 0.340 e. The lowest BCUT2D eigenvalue weighted by Crippen LogP contribution is -2.44. The molecule has 3 nitrogen and oxygen atoms in total. The summed E-state index contributed by atoms with van der Waals surface area (Å²) in [5, 5.41) is 0. The number of halogens is 1. The molecule has 1 unspecified atom stereocenters. The molecule has 0 saturated heterocycles. The summed E-state index contributed by atoms with van der Waals surface area (Å²) in [5.74, 6) is 0.146. The molecule has 0 aromatic heterocycles. The van der Waals surface area contributed by atoms with E-state index in [0.29, 0.717) is 6.54 Å². The van der Waals surface area contributed by atoms with Crippen molar-refractivity contribution in [2.45, 2.75) is 26.4 Å². The Morgan fingerprint density at radius 2 is 2.12 bits per heavy atom. The van der Waals surface area contributed by atoms with Gasteiger partial charge in [0.05, 0.1) is 6.04 Å². The van der Waals surface area contributed by atoms with Gasteiger partial charge in [-0.05, 0) is 23.6 Å². The number of amides is 1. The zero-order valence-electron chi connectivity index (χ0n) is 10.5. The van der Waals surface area contributed by atoms with Gasteiger partial charge >= 0.3 is 0 Å². The Morgan fingerprint density at radius 1 is 1.47 bits per heavy atom. The third kappa shape index (κ3) is 4.13. The Labute approximate surface area is 111 Å². The summed E-state index contributed by atoms with van der Waals surface area (Å²) in [6.07, 6.45) is 0. The lowest BCUT2D eigenvalue weighted by molar-refractivity contribution is -0.132. The molecule has 0 spiro atoms. The van der Waals surface area contributed by atoms with Crippen LogP contribution in [0.3, 0.4) is 0 Å². The van der Waals surface area contributed by atoms with Gasteiger partial charge < -0.3 is 10.6 Å². The number of benzene rings is 1. The number of nitrogens with zero attached hydrogens (tertiary/aromatic N) is 1.